The zero-order valence-corrected chi connectivity index (χ0v) is 17.7. The molecule has 1 aromatic heterocycles. The lowest BCUT2D eigenvalue weighted by Crippen LogP contribution is -2.68. The number of ketones is 1. The zero-order chi connectivity index (χ0) is 21.3. The minimum Gasteiger partial charge on any atom is -0.479 e. The van der Waals surface area contributed by atoms with E-state index in [1.54, 1.807) is 0 Å². The van der Waals surface area contributed by atoms with Crippen molar-refractivity contribution in [2.75, 3.05) is 12.3 Å². The number of hydrogen-bond donors (Lipinski definition) is 3. The molecule has 1 unspecified atom stereocenters. The average molecular weight is 487 g/mol. The van der Waals surface area contributed by atoms with Crippen LogP contribution in [0.25, 0.3) is 0 Å². The summed E-state index contributed by atoms with van der Waals surface area (Å²) in [5.74, 6) is -3.88. The molecule has 0 aliphatic carbocycles. The van der Waals surface area contributed by atoms with Gasteiger partial charge in [-0.15, -0.1) is 15.6 Å². The number of hydrogen-bond acceptors (Lipinski definition) is 11. The minimum absolute atomic E-state index is 0. The molecule has 1 saturated heterocycles. The van der Waals surface area contributed by atoms with Crippen LogP contribution in [0.2, 0.25) is 0 Å². The van der Waals surface area contributed by atoms with E-state index in [1.807, 2.05) is 0 Å². The van der Waals surface area contributed by atoms with Gasteiger partial charge in [-0.05, 0) is 13.8 Å². The van der Waals surface area contributed by atoms with Gasteiger partial charge in [0.15, 0.2) is 16.6 Å². The van der Waals surface area contributed by atoms with Crippen molar-refractivity contribution in [2.45, 2.75) is 33.2 Å². The van der Waals surface area contributed by atoms with Crippen LogP contribution in [0.1, 0.15) is 33.4 Å². The third-order valence-corrected chi connectivity index (χ3v) is 4.82. The van der Waals surface area contributed by atoms with E-state index < -0.39 is 52.5 Å². The van der Waals surface area contributed by atoms with Crippen LogP contribution in [0.5, 0.6) is 0 Å². The summed E-state index contributed by atoms with van der Waals surface area (Å²) in [6.07, 6.45) is -0.427. The number of nitrogen functional groups attached to an aromatic ring is 1. The largest absolute Gasteiger partial charge is 0.479 e. The van der Waals surface area contributed by atoms with Crippen LogP contribution in [0.3, 0.4) is 0 Å². The average Bonchev–Trinajstić information content (AvgIpc) is 2.98. The number of anilines is 1. The Kier molecular flexibility index (Phi) is 9.39. The molecule has 30 heavy (non-hydrogen) atoms. The van der Waals surface area contributed by atoms with Crippen molar-refractivity contribution in [2.24, 2.45) is 11.1 Å². The van der Waals surface area contributed by atoms with E-state index in [1.165, 1.54) is 19.2 Å². The molecule has 1 aliphatic rings. The molecule has 1 amide bonds. The molecular formula is C14H22N4O9S3. The van der Waals surface area contributed by atoms with Crippen molar-refractivity contribution in [1.82, 2.24) is 10.0 Å². The van der Waals surface area contributed by atoms with Crippen molar-refractivity contribution in [3.05, 3.63) is 11.1 Å². The number of thiazole rings is 1. The Labute approximate surface area is 183 Å². The number of rotatable bonds is 9. The molecule has 1 aromatic rings. The highest BCUT2D eigenvalue weighted by molar-refractivity contribution is 7.80. The lowest BCUT2D eigenvalue weighted by atomic mass is 9.74. The lowest BCUT2D eigenvalue weighted by molar-refractivity contribution is -0.228. The number of amides is 1. The van der Waals surface area contributed by atoms with E-state index in [4.69, 9.17) is 15.4 Å². The highest BCUT2D eigenvalue weighted by Gasteiger charge is 2.57. The highest BCUT2D eigenvalue weighted by Crippen LogP contribution is 2.40. The number of oxime groups is 1. The summed E-state index contributed by atoms with van der Waals surface area (Å²) in [5.41, 5.74) is 3.98. The first kappa shape index (κ1) is 27.7. The van der Waals surface area contributed by atoms with Crippen LogP contribution in [0.4, 0.5) is 5.13 Å². The summed E-state index contributed by atoms with van der Waals surface area (Å²) in [6.45, 7) is 2.05. The Morgan fingerprint density at radius 2 is 2.03 bits per heavy atom. The van der Waals surface area contributed by atoms with Crippen molar-refractivity contribution < 1.29 is 41.6 Å². The molecule has 0 spiro atoms. The van der Waals surface area contributed by atoms with Gasteiger partial charge < -0.3 is 15.7 Å². The molecule has 4 N–H and O–H groups in total. The molecule has 2 heterocycles. The van der Waals surface area contributed by atoms with E-state index in [2.05, 4.69) is 19.3 Å². The van der Waals surface area contributed by atoms with E-state index in [0.29, 0.717) is 5.06 Å². The Morgan fingerprint density at radius 3 is 2.47 bits per heavy atom. The summed E-state index contributed by atoms with van der Waals surface area (Å²) >= 11 is 1.01. The molecule has 170 valence electrons. The van der Waals surface area contributed by atoms with Gasteiger partial charge in [0, 0.05) is 11.8 Å². The highest BCUT2D eigenvalue weighted by atomic mass is 32.3. The second kappa shape index (κ2) is 10.2. The first-order valence-corrected chi connectivity index (χ1v) is 9.75. The standard InChI is InChI=1S/C13H16N4O9S2.CH4.H2S/c1-13(2)6(11(21)17(13)26-28(22,23)24)3-8(18)10(16-25-4-9(19)20)7-5-27-12(14)15-7;;/h5-6H,3-4H2,1-2H3,(H2,14,15)(H,19,20)(H,22,23,24);1H4;1H2/b16-10-;;. The number of β-lactam (4-membered cyclic amide) rings is 1. The van der Waals surface area contributed by atoms with Gasteiger partial charge in [-0.1, -0.05) is 12.6 Å². The van der Waals surface area contributed by atoms with E-state index in [-0.39, 0.29) is 37.5 Å². The lowest BCUT2D eigenvalue weighted by Gasteiger charge is -2.50. The number of Topliss-reactive ketones (excluding diaryl/α,β-unsaturated/α-hetero) is 1. The van der Waals surface area contributed by atoms with Crippen LogP contribution in [-0.2, 0) is 33.9 Å². The molecule has 0 aromatic carbocycles. The van der Waals surface area contributed by atoms with Gasteiger partial charge in [-0.3, -0.25) is 14.1 Å². The van der Waals surface area contributed by atoms with Crippen LogP contribution in [0.15, 0.2) is 10.5 Å². The van der Waals surface area contributed by atoms with E-state index >= 15 is 0 Å². The monoisotopic (exact) mass is 486 g/mol. The van der Waals surface area contributed by atoms with Gasteiger partial charge in [-0.2, -0.15) is 27.0 Å². The van der Waals surface area contributed by atoms with E-state index in [0.717, 1.165) is 11.3 Å². The fourth-order valence-corrected chi connectivity index (χ4v) is 3.44. The van der Waals surface area contributed by atoms with Crippen molar-refractivity contribution in [1.29, 1.82) is 0 Å². The normalized spacial score (nSPS) is 18.0. The second-order valence-electron chi connectivity index (χ2n) is 6.15. The van der Waals surface area contributed by atoms with Crippen molar-refractivity contribution >= 4 is 63.7 Å². The molecule has 0 saturated carbocycles. The predicted molar refractivity (Wildman–Crippen MR) is 110 cm³/mol. The molecule has 13 nitrogen and oxygen atoms in total. The smallest absolute Gasteiger partial charge is 0.418 e. The first-order valence-electron chi connectivity index (χ1n) is 7.50. The summed E-state index contributed by atoms with van der Waals surface area (Å²) < 4.78 is 34.6. The summed E-state index contributed by atoms with van der Waals surface area (Å²) in [5, 5.41) is 14.1. The van der Waals surface area contributed by atoms with Gasteiger partial charge in [0.05, 0.1) is 11.5 Å². The van der Waals surface area contributed by atoms with Gasteiger partial charge >= 0.3 is 16.4 Å². The molecule has 2 rings (SSSR count). The molecular weight excluding hydrogens is 464 g/mol. The van der Waals surface area contributed by atoms with Crippen LogP contribution < -0.4 is 5.73 Å². The Morgan fingerprint density at radius 1 is 1.43 bits per heavy atom. The maximum atomic E-state index is 12.6. The predicted octanol–water partition coefficient (Wildman–Crippen LogP) is 0.210. The molecule has 0 bridgehead atoms. The number of carboxylic acids is 1. The van der Waals surface area contributed by atoms with Gasteiger partial charge in [0.2, 0.25) is 6.61 Å². The van der Waals surface area contributed by atoms with Gasteiger partial charge in [0.1, 0.15) is 5.69 Å². The first-order chi connectivity index (χ1) is 12.8. The fraction of sp³-hybridized carbons (Fsp3) is 0.500. The second-order valence-corrected chi connectivity index (χ2v) is 8.04. The summed E-state index contributed by atoms with van der Waals surface area (Å²) in [6, 6.07) is 0. The quantitative estimate of drug-likeness (QED) is 0.186. The maximum Gasteiger partial charge on any atom is 0.418 e. The van der Waals surface area contributed by atoms with E-state index in [9.17, 15) is 22.8 Å². The number of carbonyl (C=O) groups is 3. The topological polar surface area (TPSA) is 199 Å². The number of aliphatic carboxylic acids is 1. The Bertz CT molecular complexity index is 942. The SMILES string of the molecule is C.CC1(C)C(CC(=O)/C(=N\OCC(=O)O)c2csc(N)n2)C(=O)N1OS(=O)(=O)O.S. The number of aromatic nitrogens is 1. The molecule has 1 aliphatic heterocycles. The summed E-state index contributed by atoms with van der Waals surface area (Å²) in [7, 11) is -4.92. The Hall–Kier alpha value is -2.27. The van der Waals surface area contributed by atoms with Crippen LogP contribution >= 0.6 is 24.8 Å². The van der Waals surface area contributed by atoms with Crippen molar-refractivity contribution in [3.8, 4) is 0 Å². The van der Waals surface area contributed by atoms with Gasteiger partial charge in [-0.25, -0.2) is 9.78 Å². The van der Waals surface area contributed by atoms with Crippen molar-refractivity contribution in [3.63, 3.8) is 0 Å². The maximum absolute atomic E-state index is 12.6. The third-order valence-electron chi connectivity index (χ3n) is 3.81. The molecule has 1 fully saturated rings. The zero-order valence-electron chi connectivity index (χ0n) is 15.1. The number of nitrogens with zero attached hydrogens (tertiary/aromatic N) is 3. The van der Waals surface area contributed by atoms with Crippen LogP contribution in [-0.4, -0.2) is 63.6 Å². The third kappa shape index (κ3) is 6.36. The number of hydroxylamine groups is 2. The number of carbonyl (C=O) groups excluding carboxylic acids is 2. The number of carboxylic acid groups (broad SMARTS) is 1. The molecule has 1 atom stereocenters. The Balaban J connectivity index is 0.00000420. The summed E-state index contributed by atoms with van der Waals surface area (Å²) in [4.78, 5) is 43.8. The van der Waals surface area contributed by atoms with Gasteiger partial charge in [0.25, 0.3) is 5.91 Å². The molecule has 16 heteroatoms. The minimum atomic E-state index is -4.92. The number of nitrogens with two attached hydrogens (primary N) is 1. The molecule has 0 radical (unpaired) electrons. The van der Waals surface area contributed by atoms with Crippen LogP contribution in [0, 0.1) is 5.92 Å². The fourth-order valence-electron chi connectivity index (χ4n) is 2.44.